The van der Waals surface area contributed by atoms with Crippen LogP contribution < -0.4 is 0 Å². The number of hydrogen-bond acceptors (Lipinski definition) is 2. The maximum Gasteiger partial charge on any atom is 0.198 e. The molecule has 2 rings (SSSR count). The molecule has 1 aliphatic rings. The molecule has 19 heavy (non-hydrogen) atoms. The molecule has 0 atom stereocenters. The molecule has 0 spiro atoms. The van der Waals surface area contributed by atoms with Gasteiger partial charge in [-0.05, 0) is 30.4 Å². The van der Waals surface area contributed by atoms with E-state index in [0.29, 0.717) is 16.5 Å². The number of halogens is 1. The predicted molar refractivity (Wildman–Crippen MR) is 76.5 cm³/mol. The predicted octanol–water partition coefficient (Wildman–Crippen LogP) is 4.46. The van der Waals surface area contributed by atoms with Crippen molar-refractivity contribution in [2.24, 2.45) is 0 Å². The summed E-state index contributed by atoms with van der Waals surface area (Å²) in [6.45, 7) is 0. The molecule has 1 aliphatic carbocycles. The van der Waals surface area contributed by atoms with E-state index in [0.717, 1.165) is 0 Å². The summed E-state index contributed by atoms with van der Waals surface area (Å²) in [5.74, 6) is 0.495. The van der Waals surface area contributed by atoms with Gasteiger partial charge >= 0.3 is 0 Å². The standard InChI is InChI=1S/C16H18ClO2/c17-15-11-13(16(19)7-4-10-18)8-9-14(15)12-5-2-1-3-6-12/h8-9,11-12H,1-7H2. The number of carbonyl (C=O) groups excluding carboxylic acids is 2. The van der Waals surface area contributed by atoms with Crippen molar-refractivity contribution >= 4 is 23.7 Å². The van der Waals surface area contributed by atoms with E-state index in [1.54, 1.807) is 12.4 Å². The molecule has 3 heteroatoms. The van der Waals surface area contributed by atoms with Crippen LogP contribution in [-0.2, 0) is 4.79 Å². The Morgan fingerprint density at radius 2 is 2.00 bits per heavy atom. The molecule has 2 nitrogen and oxygen atoms in total. The Labute approximate surface area is 119 Å². The third-order valence-electron chi connectivity index (χ3n) is 3.82. The van der Waals surface area contributed by atoms with Crippen molar-refractivity contribution in [2.75, 3.05) is 0 Å². The maximum atomic E-state index is 11.8. The third kappa shape index (κ3) is 3.66. The first-order chi connectivity index (χ1) is 9.22. The quantitative estimate of drug-likeness (QED) is 0.745. The largest absolute Gasteiger partial charge is 0.294 e. The zero-order valence-corrected chi connectivity index (χ0v) is 11.7. The SMILES string of the molecule is O=[C]CCC(=O)c1ccc(C2CCCCC2)c(Cl)c1. The van der Waals surface area contributed by atoms with Gasteiger partial charge in [0.05, 0.1) is 0 Å². The van der Waals surface area contributed by atoms with E-state index in [-0.39, 0.29) is 18.6 Å². The summed E-state index contributed by atoms with van der Waals surface area (Å²) < 4.78 is 0. The molecule has 0 unspecified atom stereocenters. The fraction of sp³-hybridized carbons (Fsp3) is 0.500. The van der Waals surface area contributed by atoms with Gasteiger partial charge in [0.15, 0.2) is 12.1 Å². The summed E-state index contributed by atoms with van der Waals surface area (Å²) in [5.41, 5.74) is 1.76. The lowest BCUT2D eigenvalue weighted by atomic mass is 9.83. The lowest BCUT2D eigenvalue weighted by Gasteiger charge is -2.23. The molecular formula is C16H18ClO2. The van der Waals surface area contributed by atoms with E-state index in [1.807, 2.05) is 12.1 Å². The Kier molecular flexibility index (Phi) is 5.15. The second kappa shape index (κ2) is 6.85. The highest BCUT2D eigenvalue weighted by atomic mass is 35.5. The van der Waals surface area contributed by atoms with Gasteiger partial charge in [0.2, 0.25) is 0 Å². The molecule has 0 N–H and O–H groups in total. The molecular weight excluding hydrogens is 260 g/mol. The first kappa shape index (κ1) is 14.3. The second-order valence-electron chi connectivity index (χ2n) is 5.14. The monoisotopic (exact) mass is 277 g/mol. The fourth-order valence-electron chi connectivity index (χ4n) is 2.75. The van der Waals surface area contributed by atoms with Crippen molar-refractivity contribution in [3.8, 4) is 0 Å². The van der Waals surface area contributed by atoms with Gasteiger partial charge in [0.1, 0.15) is 0 Å². The zero-order chi connectivity index (χ0) is 13.7. The van der Waals surface area contributed by atoms with Crippen molar-refractivity contribution in [3.63, 3.8) is 0 Å². The highest BCUT2D eigenvalue weighted by Crippen LogP contribution is 2.36. The zero-order valence-electron chi connectivity index (χ0n) is 11.0. The summed E-state index contributed by atoms with van der Waals surface area (Å²) in [7, 11) is 0. The number of hydrogen-bond donors (Lipinski definition) is 0. The Morgan fingerprint density at radius 1 is 1.26 bits per heavy atom. The number of benzene rings is 1. The molecule has 1 aromatic carbocycles. The van der Waals surface area contributed by atoms with Gasteiger partial charge in [-0.1, -0.05) is 43.0 Å². The van der Waals surface area contributed by atoms with E-state index in [4.69, 9.17) is 11.6 Å². The average molecular weight is 278 g/mol. The highest BCUT2D eigenvalue weighted by Gasteiger charge is 2.18. The van der Waals surface area contributed by atoms with Gasteiger partial charge in [0, 0.05) is 23.4 Å². The number of Topliss-reactive ketones (excluding diaryl/α,β-unsaturated/α-hetero) is 1. The van der Waals surface area contributed by atoms with Crippen molar-refractivity contribution < 1.29 is 9.59 Å². The topological polar surface area (TPSA) is 34.1 Å². The molecule has 0 amide bonds. The van der Waals surface area contributed by atoms with E-state index < -0.39 is 0 Å². The van der Waals surface area contributed by atoms with Crippen molar-refractivity contribution in [1.82, 2.24) is 0 Å². The van der Waals surface area contributed by atoms with Crippen LogP contribution >= 0.6 is 11.6 Å². The molecule has 0 bridgehead atoms. The van der Waals surface area contributed by atoms with Crippen molar-refractivity contribution in [3.05, 3.63) is 34.3 Å². The lowest BCUT2D eigenvalue weighted by molar-refractivity contribution is 0.0984. The minimum Gasteiger partial charge on any atom is -0.294 e. The first-order valence-corrected chi connectivity index (χ1v) is 7.28. The van der Waals surface area contributed by atoms with Crippen LogP contribution in [0, 0.1) is 0 Å². The summed E-state index contributed by atoms with van der Waals surface area (Å²) in [6, 6.07) is 5.57. The van der Waals surface area contributed by atoms with Gasteiger partial charge in [-0.3, -0.25) is 9.59 Å². The van der Waals surface area contributed by atoms with E-state index >= 15 is 0 Å². The van der Waals surface area contributed by atoms with Crippen LogP contribution in [-0.4, -0.2) is 12.1 Å². The van der Waals surface area contributed by atoms with Crippen LogP contribution in [0.15, 0.2) is 18.2 Å². The summed E-state index contributed by atoms with van der Waals surface area (Å²) >= 11 is 6.31. The van der Waals surface area contributed by atoms with Crippen LogP contribution in [0.2, 0.25) is 5.02 Å². The Bertz CT molecular complexity index is 462. The molecule has 101 valence electrons. The lowest BCUT2D eigenvalue weighted by Crippen LogP contribution is -2.06. The third-order valence-corrected chi connectivity index (χ3v) is 4.15. The molecule has 0 aliphatic heterocycles. The minimum atomic E-state index is -0.0413. The van der Waals surface area contributed by atoms with Gasteiger partial charge < -0.3 is 0 Å². The van der Waals surface area contributed by atoms with Crippen LogP contribution in [0.5, 0.6) is 0 Å². The molecule has 1 radical (unpaired) electrons. The summed E-state index contributed by atoms with van der Waals surface area (Å²) in [5, 5.41) is 0.688. The van der Waals surface area contributed by atoms with E-state index in [2.05, 4.69) is 0 Å². The highest BCUT2D eigenvalue weighted by molar-refractivity contribution is 6.31. The summed E-state index contributed by atoms with van der Waals surface area (Å²) in [4.78, 5) is 22.0. The molecule has 1 fully saturated rings. The Balaban J connectivity index is 2.12. The van der Waals surface area contributed by atoms with Gasteiger partial charge in [0.25, 0.3) is 0 Å². The fourth-order valence-corrected chi connectivity index (χ4v) is 3.09. The molecule has 0 heterocycles. The maximum absolute atomic E-state index is 11.8. The average Bonchev–Trinajstić information content (AvgIpc) is 2.45. The molecule has 0 aromatic heterocycles. The van der Waals surface area contributed by atoms with Gasteiger partial charge in [-0.2, -0.15) is 0 Å². The number of rotatable bonds is 5. The molecule has 1 aromatic rings. The van der Waals surface area contributed by atoms with Gasteiger partial charge in [-0.25, -0.2) is 0 Å². The normalized spacial score (nSPS) is 16.3. The van der Waals surface area contributed by atoms with Crippen LogP contribution in [0.4, 0.5) is 0 Å². The van der Waals surface area contributed by atoms with Crippen LogP contribution in [0.25, 0.3) is 0 Å². The van der Waals surface area contributed by atoms with Crippen LogP contribution in [0.3, 0.4) is 0 Å². The smallest absolute Gasteiger partial charge is 0.198 e. The minimum absolute atomic E-state index is 0.0413. The second-order valence-corrected chi connectivity index (χ2v) is 5.55. The van der Waals surface area contributed by atoms with Crippen molar-refractivity contribution in [1.29, 1.82) is 0 Å². The molecule has 0 saturated heterocycles. The van der Waals surface area contributed by atoms with Crippen molar-refractivity contribution in [2.45, 2.75) is 50.9 Å². The number of ketones is 1. The van der Waals surface area contributed by atoms with Gasteiger partial charge in [-0.15, -0.1) is 0 Å². The van der Waals surface area contributed by atoms with Crippen LogP contribution in [0.1, 0.15) is 66.8 Å². The Hall–Kier alpha value is -1.15. The van der Waals surface area contributed by atoms with E-state index in [9.17, 15) is 9.59 Å². The van der Waals surface area contributed by atoms with E-state index in [1.165, 1.54) is 37.7 Å². The molecule has 1 saturated carbocycles. The Morgan fingerprint density at radius 3 is 2.63 bits per heavy atom. The number of carbonyl (C=O) groups is 1. The summed E-state index contributed by atoms with van der Waals surface area (Å²) in [6.07, 6.45) is 8.32. The first-order valence-electron chi connectivity index (χ1n) is 6.90.